The van der Waals surface area contributed by atoms with Gasteiger partial charge in [-0.1, -0.05) is 17.7 Å². The maximum absolute atomic E-state index is 13.0. The van der Waals surface area contributed by atoms with Gasteiger partial charge >= 0.3 is 6.18 Å². The number of likely N-dealkylation sites (N-methyl/N-ethyl adjacent to an activating group) is 1. The van der Waals surface area contributed by atoms with E-state index in [0.717, 1.165) is 32.5 Å². The average molecular weight is 382 g/mol. The van der Waals surface area contributed by atoms with Crippen LogP contribution in [0.15, 0.2) is 18.3 Å². The van der Waals surface area contributed by atoms with E-state index >= 15 is 0 Å². The molecule has 6 nitrogen and oxygen atoms in total. The molecule has 0 aliphatic carbocycles. The van der Waals surface area contributed by atoms with E-state index in [1.54, 1.807) is 0 Å². The smallest absolute Gasteiger partial charge is 0.332 e. The van der Waals surface area contributed by atoms with Crippen molar-refractivity contribution in [3.63, 3.8) is 0 Å². The largest absolute Gasteiger partial charge is 0.435 e. The van der Waals surface area contributed by atoms with Crippen molar-refractivity contribution < 1.29 is 22.8 Å². The number of aromatic nitrogens is 2. The minimum absolute atomic E-state index is 0.391. The van der Waals surface area contributed by atoms with Crippen LogP contribution < -0.4 is 5.32 Å². The Morgan fingerprint density at radius 2 is 1.74 bits per heavy atom. The zero-order valence-electron chi connectivity index (χ0n) is 15.7. The molecule has 0 saturated heterocycles. The molecular formula is C18H21F3N4O2. The van der Waals surface area contributed by atoms with Gasteiger partial charge in [0.15, 0.2) is 5.69 Å². The van der Waals surface area contributed by atoms with Gasteiger partial charge in [-0.2, -0.15) is 18.3 Å². The van der Waals surface area contributed by atoms with Crippen molar-refractivity contribution in [3.8, 4) is 0 Å². The lowest BCUT2D eigenvalue weighted by Crippen LogP contribution is -2.35. The molecule has 0 bridgehead atoms. The Morgan fingerprint density at radius 1 is 1.19 bits per heavy atom. The lowest BCUT2D eigenvalue weighted by Gasteiger charge is -2.18. The van der Waals surface area contributed by atoms with E-state index in [9.17, 15) is 22.8 Å². The molecule has 27 heavy (non-hydrogen) atoms. The van der Waals surface area contributed by atoms with Crippen molar-refractivity contribution >= 4 is 17.5 Å². The number of halogens is 3. The Morgan fingerprint density at radius 3 is 2.26 bits per heavy atom. The van der Waals surface area contributed by atoms with Crippen LogP contribution in [0.3, 0.4) is 0 Å². The molecular weight excluding hydrogens is 361 g/mol. The highest BCUT2D eigenvalue weighted by molar-refractivity contribution is 6.00. The number of rotatable bonds is 4. The van der Waals surface area contributed by atoms with Crippen molar-refractivity contribution in [1.29, 1.82) is 0 Å². The zero-order valence-corrected chi connectivity index (χ0v) is 15.7. The normalized spacial score (nSPS) is 11.4. The number of nitrogens with one attached hydrogen (secondary N) is 1. The first-order valence-corrected chi connectivity index (χ1v) is 8.14. The Labute approximate surface area is 155 Å². The van der Waals surface area contributed by atoms with Crippen LogP contribution >= 0.6 is 0 Å². The van der Waals surface area contributed by atoms with Gasteiger partial charge in [-0.15, -0.1) is 0 Å². The van der Waals surface area contributed by atoms with Crippen LogP contribution in [0.25, 0.3) is 0 Å². The second-order valence-corrected chi connectivity index (χ2v) is 6.55. The van der Waals surface area contributed by atoms with Crippen LogP contribution in [0.2, 0.25) is 0 Å². The highest BCUT2D eigenvalue weighted by Gasteiger charge is 2.39. The third-order valence-corrected chi connectivity index (χ3v) is 4.00. The number of alkyl halides is 3. The summed E-state index contributed by atoms with van der Waals surface area (Å²) in [6.07, 6.45) is -3.76. The molecule has 0 atom stereocenters. The van der Waals surface area contributed by atoms with E-state index in [0.29, 0.717) is 5.69 Å². The van der Waals surface area contributed by atoms with E-state index in [1.165, 1.54) is 14.1 Å². The summed E-state index contributed by atoms with van der Waals surface area (Å²) in [7, 11) is 2.56. The monoisotopic (exact) mass is 382 g/mol. The molecule has 146 valence electrons. The summed E-state index contributed by atoms with van der Waals surface area (Å²) in [5.41, 5.74) is 1.54. The molecule has 0 aliphatic heterocycles. The third kappa shape index (κ3) is 4.66. The summed E-state index contributed by atoms with van der Waals surface area (Å²) in [6, 6.07) is 3.81. The summed E-state index contributed by atoms with van der Waals surface area (Å²) in [5.74, 6) is -1.43. The molecule has 1 N–H and O–H groups in total. The average Bonchev–Trinajstić information content (AvgIpc) is 2.92. The first-order chi connectivity index (χ1) is 12.4. The molecule has 0 unspecified atom stereocenters. The second-order valence-electron chi connectivity index (χ2n) is 6.55. The van der Waals surface area contributed by atoms with Crippen molar-refractivity contribution in [3.05, 3.63) is 46.3 Å². The molecule has 0 fully saturated rings. The SMILES string of the molecule is Cc1cc(C)c(NC(=O)CN(C)C(=O)c2cn(C)nc2C(F)(F)F)c(C)c1. The van der Waals surface area contributed by atoms with Crippen molar-refractivity contribution in [2.24, 2.45) is 7.05 Å². The van der Waals surface area contributed by atoms with Crippen LogP contribution in [-0.4, -0.2) is 40.1 Å². The third-order valence-electron chi connectivity index (χ3n) is 4.00. The zero-order chi connectivity index (χ0) is 20.5. The van der Waals surface area contributed by atoms with Gasteiger partial charge in [0.2, 0.25) is 5.91 Å². The summed E-state index contributed by atoms with van der Waals surface area (Å²) in [4.78, 5) is 25.6. The number of benzene rings is 1. The number of hydrogen-bond acceptors (Lipinski definition) is 3. The van der Waals surface area contributed by atoms with Crippen molar-refractivity contribution in [2.45, 2.75) is 26.9 Å². The molecule has 0 aliphatic rings. The quantitative estimate of drug-likeness (QED) is 0.884. The maximum Gasteiger partial charge on any atom is 0.435 e. The highest BCUT2D eigenvalue weighted by atomic mass is 19.4. The van der Waals surface area contributed by atoms with Crippen LogP contribution in [0.1, 0.15) is 32.7 Å². The van der Waals surface area contributed by atoms with Crippen LogP contribution in [0, 0.1) is 20.8 Å². The fourth-order valence-electron chi connectivity index (χ4n) is 2.90. The van der Waals surface area contributed by atoms with Gasteiger partial charge in [0.1, 0.15) is 0 Å². The summed E-state index contributed by atoms with van der Waals surface area (Å²) in [5, 5.41) is 6.02. The molecule has 0 spiro atoms. The van der Waals surface area contributed by atoms with E-state index in [1.807, 2.05) is 32.9 Å². The number of carbonyl (C=O) groups excluding carboxylic acids is 2. The number of nitrogens with zero attached hydrogens (tertiary/aromatic N) is 3. The summed E-state index contributed by atoms with van der Waals surface area (Å²) < 4.78 is 40.0. The molecule has 0 saturated carbocycles. The standard InChI is InChI=1S/C18H21F3N4O2/c1-10-6-11(2)15(12(3)7-10)22-14(26)9-24(4)17(27)13-8-25(5)23-16(13)18(19,20)21/h6-8H,9H2,1-5H3,(H,22,26). The topological polar surface area (TPSA) is 67.2 Å². The summed E-state index contributed by atoms with van der Waals surface area (Å²) >= 11 is 0. The van der Waals surface area contributed by atoms with Gasteiger partial charge in [0, 0.05) is 26.0 Å². The minimum Gasteiger partial charge on any atom is -0.332 e. The lowest BCUT2D eigenvalue weighted by atomic mass is 10.1. The number of hydrogen-bond donors (Lipinski definition) is 1. The van der Waals surface area contributed by atoms with Gasteiger partial charge < -0.3 is 10.2 Å². The molecule has 1 aromatic carbocycles. The Kier molecular flexibility index (Phi) is 5.62. The Hall–Kier alpha value is -2.84. The van der Waals surface area contributed by atoms with Gasteiger partial charge in [0.25, 0.3) is 5.91 Å². The number of carbonyl (C=O) groups is 2. The van der Waals surface area contributed by atoms with Crippen LogP contribution in [0.5, 0.6) is 0 Å². The molecule has 1 heterocycles. The number of aryl methyl sites for hydroxylation is 4. The molecule has 2 aromatic rings. The van der Waals surface area contributed by atoms with Gasteiger partial charge in [0.05, 0.1) is 12.1 Å². The molecule has 9 heteroatoms. The van der Waals surface area contributed by atoms with Crippen LogP contribution in [-0.2, 0) is 18.0 Å². The predicted octanol–water partition coefficient (Wildman–Crippen LogP) is 3.07. The van der Waals surface area contributed by atoms with Crippen molar-refractivity contribution in [2.75, 3.05) is 18.9 Å². The lowest BCUT2D eigenvalue weighted by molar-refractivity contribution is -0.141. The van der Waals surface area contributed by atoms with Crippen LogP contribution in [0.4, 0.5) is 18.9 Å². The highest BCUT2D eigenvalue weighted by Crippen LogP contribution is 2.31. The Bertz CT molecular complexity index is 864. The van der Waals surface area contributed by atoms with E-state index in [4.69, 9.17) is 0 Å². The fraction of sp³-hybridized carbons (Fsp3) is 0.389. The molecule has 1 aromatic heterocycles. The second kappa shape index (κ2) is 7.42. The van der Waals surface area contributed by atoms with Gasteiger partial charge in [-0.05, 0) is 31.9 Å². The van der Waals surface area contributed by atoms with Gasteiger partial charge in [-0.25, -0.2) is 0 Å². The summed E-state index contributed by atoms with van der Waals surface area (Å²) in [6.45, 7) is 5.23. The number of anilines is 1. The maximum atomic E-state index is 13.0. The predicted molar refractivity (Wildman–Crippen MR) is 94.5 cm³/mol. The van der Waals surface area contributed by atoms with E-state index < -0.39 is 35.8 Å². The fourth-order valence-corrected chi connectivity index (χ4v) is 2.90. The first-order valence-electron chi connectivity index (χ1n) is 8.14. The molecule has 2 amide bonds. The number of amides is 2. The minimum atomic E-state index is -4.76. The van der Waals surface area contributed by atoms with Crippen molar-refractivity contribution in [1.82, 2.24) is 14.7 Å². The Balaban J connectivity index is 2.15. The first kappa shape index (κ1) is 20.5. The van der Waals surface area contributed by atoms with Gasteiger partial charge in [-0.3, -0.25) is 14.3 Å². The van der Waals surface area contributed by atoms with E-state index in [2.05, 4.69) is 10.4 Å². The van der Waals surface area contributed by atoms with E-state index in [-0.39, 0.29) is 0 Å². The molecule has 0 radical (unpaired) electrons. The molecule has 2 rings (SSSR count).